The second kappa shape index (κ2) is 10.8. The third kappa shape index (κ3) is 6.24. The van der Waals surface area contributed by atoms with Crippen molar-refractivity contribution in [2.75, 3.05) is 37.3 Å². The SMILES string of the molecule is [2H]C1([2H])c2nc(SC)nc(N3CCN(C(=O)OC(C)(C)C)C(CC#N)C3)c2CCN1Cc1ccccc1. The van der Waals surface area contributed by atoms with E-state index in [-0.39, 0.29) is 12.5 Å². The Labute approximate surface area is 215 Å². The number of amides is 1. The fraction of sp³-hybridized carbons (Fsp3) is 0.538. The van der Waals surface area contributed by atoms with Crippen molar-refractivity contribution in [1.82, 2.24) is 19.8 Å². The van der Waals surface area contributed by atoms with Crippen LogP contribution in [0.3, 0.4) is 0 Å². The van der Waals surface area contributed by atoms with Crippen LogP contribution in [-0.2, 0) is 24.2 Å². The van der Waals surface area contributed by atoms with Gasteiger partial charge in [0, 0.05) is 47.5 Å². The van der Waals surface area contributed by atoms with E-state index < -0.39 is 18.2 Å². The minimum Gasteiger partial charge on any atom is -0.444 e. The molecule has 9 heteroatoms. The molecule has 0 bridgehead atoms. The van der Waals surface area contributed by atoms with E-state index in [4.69, 9.17) is 12.5 Å². The lowest BCUT2D eigenvalue weighted by Gasteiger charge is -2.42. The first-order valence-corrected chi connectivity index (χ1v) is 13.1. The summed E-state index contributed by atoms with van der Waals surface area (Å²) in [5.74, 6) is 0.698. The third-order valence-electron chi connectivity index (χ3n) is 6.00. The van der Waals surface area contributed by atoms with Gasteiger partial charge in [0.15, 0.2) is 5.16 Å². The molecule has 1 saturated heterocycles. The number of aromatic nitrogens is 2. The summed E-state index contributed by atoms with van der Waals surface area (Å²) in [6.45, 7) is 6.04. The third-order valence-corrected chi connectivity index (χ3v) is 6.54. The lowest BCUT2D eigenvalue weighted by atomic mass is 10.0. The van der Waals surface area contributed by atoms with Crippen LogP contribution in [0.1, 0.15) is 46.8 Å². The number of anilines is 1. The number of nitriles is 1. The molecule has 0 spiro atoms. The van der Waals surface area contributed by atoms with Crippen LogP contribution < -0.4 is 4.90 Å². The number of rotatable bonds is 5. The van der Waals surface area contributed by atoms with Gasteiger partial charge in [-0.25, -0.2) is 14.8 Å². The second-order valence-electron chi connectivity index (χ2n) is 9.77. The van der Waals surface area contributed by atoms with Crippen molar-refractivity contribution in [1.29, 1.82) is 5.26 Å². The van der Waals surface area contributed by atoms with E-state index in [1.807, 2.05) is 62.3 Å². The number of nitrogens with zero attached hydrogens (tertiary/aromatic N) is 6. The minimum atomic E-state index is -1.77. The molecule has 3 heterocycles. The molecule has 1 aromatic heterocycles. The van der Waals surface area contributed by atoms with E-state index in [1.165, 1.54) is 11.8 Å². The Bertz CT molecular complexity index is 1170. The normalized spacial score (nSPS) is 20.9. The van der Waals surface area contributed by atoms with Gasteiger partial charge in [-0.15, -0.1) is 0 Å². The lowest BCUT2D eigenvalue weighted by Crippen LogP contribution is -2.56. The van der Waals surface area contributed by atoms with Crippen LogP contribution in [0.5, 0.6) is 0 Å². The predicted octanol–water partition coefficient (Wildman–Crippen LogP) is 4.10. The molecule has 4 rings (SSSR count). The predicted molar refractivity (Wildman–Crippen MR) is 137 cm³/mol. The largest absolute Gasteiger partial charge is 0.444 e. The number of thioether (sulfide) groups is 1. The molecule has 2 aromatic rings. The molecular formula is C26H34N6O2S. The summed E-state index contributed by atoms with van der Waals surface area (Å²) in [5.41, 5.74) is 1.62. The maximum Gasteiger partial charge on any atom is 0.410 e. The van der Waals surface area contributed by atoms with Crippen molar-refractivity contribution >= 4 is 23.7 Å². The van der Waals surface area contributed by atoms with E-state index >= 15 is 0 Å². The average molecular weight is 497 g/mol. The summed E-state index contributed by atoms with van der Waals surface area (Å²) in [7, 11) is 0. The molecule has 2 aliphatic heterocycles. The van der Waals surface area contributed by atoms with Crippen molar-refractivity contribution in [3.63, 3.8) is 0 Å². The molecule has 0 radical (unpaired) electrons. The van der Waals surface area contributed by atoms with Crippen molar-refractivity contribution in [3.05, 3.63) is 47.2 Å². The molecule has 1 aromatic carbocycles. The van der Waals surface area contributed by atoms with Crippen molar-refractivity contribution < 1.29 is 12.3 Å². The van der Waals surface area contributed by atoms with Gasteiger partial charge in [0.1, 0.15) is 11.4 Å². The highest BCUT2D eigenvalue weighted by Crippen LogP contribution is 2.31. The molecule has 1 unspecified atom stereocenters. The number of carbonyl (C=O) groups excluding carboxylic acids is 1. The number of ether oxygens (including phenoxy) is 1. The van der Waals surface area contributed by atoms with Crippen molar-refractivity contribution in [3.8, 4) is 6.07 Å². The van der Waals surface area contributed by atoms with Crippen LogP contribution in [0.4, 0.5) is 10.6 Å². The molecule has 0 aliphatic carbocycles. The standard InChI is InChI=1S/C26H34N6O2S/c1-26(2,3)34-25(33)32-15-14-31(17-20(32)10-12-27)23-21-11-13-30(16-19-8-6-5-7-9-19)18-22(21)28-24(29-23)35-4/h5-9,20H,10-11,13-18H2,1-4H3/i18D2. The molecule has 8 nitrogen and oxygen atoms in total. The summed E-state index contributed by atoms with van der Waals surface area (Å²) < 4.78 is 23.7. The van der Waals surface area contributed by atoms with Gasteiger partial charge in [-0.1, -0.05) is 42.1 Å². The molecule has 1 fully saturated rings. The van der Waals surface area contributed by atoms with Crippen LogP contribution in [0.25, 0.3) is 0 Å². The number of piperazine rings is 1. The van der Waals surface area contributed by atoms with Crippen LogP contribution >= 0.6 is 11.8 Å². The van der Waals surface area contributed by atoms with Crippen LogP contribution in [0.2, 0.25) is 0 Å². The number of benzene rings is 1. The van der Waals surface area contributed by atoms with E-state index in [0.717, 1.165) is 11.1 Å². The number of hydrogen-bond acceptors (Lipinski definition) is 8. The van der Waals surface area contributed by atoms with Crippen LogP contribution in [-0.4, -0.2) is 69.9 Å². The van der Waals surface area contributed by atoms with Crippen LogP contribution in [0.15, 0.2) is 35.5 Å². The van der Waals surface area contributed by atoms with Gasteiger partial charge < -0.3 is 14.5 Å². The van der Waals surface area contributed by atoms with Crippen molar-refractivity contribution in [2.45, 2.75) is 63.5 Å². The molecular weight excluding hydrogens is 460 g/mol. The Morgan fingerprint density at radius 2 is 2.03 bits per heavy atom. The average Bonchev–Trinajstić information content (AvgIpc) is 2.85. The maximum atomic E-state index is 12.8. The zero-order valence-corrected chi connectivity index (χ0v) is 21.6. The summed E-state index contributed by atoms with van der Waals surface area (Å²) >= 11 is 1.38. The molecule has 0 N–H and O–H groups in total. The van der Waals surface area contributed by atoms with Gasteiger partial charge in [0.25, 0.3) is 0 Å². The van der Waals surface area contributed by atoms with E-state index in [0.29, 0.717) is 55.8 Å². The molecule has 0 saturated carbocycles. The fourth-order valence-electron chi connectivity index (χ4n) is 4.39. The molecule has 1 amide bonds. The van der Waals surface area contributed by atoms with Crippen molar-refractivity contribution in [2.24, 2.45) is 0 Å². The number of carbonyl (C=O) groups is 1. The Hall–Kier alpha value is -2.83. The zero-order valence-electron chi connectivity index (χ0n) is 22.8. The van der Waals surface area contributed by atoms with E-state index in [2.05, 4.69) is 16.0 Å². The molecule has 2 aliphatic rings. The van der Waals surface area contributed by atoms with Gasteiger partial charge in [-0.05, 0) is 39.0 Å². The highest BCUT2D eigenvalue weighted by atomic mass is 32.2. The summed E-state index contributed by atoms with van der Waals surface area (Å²) in [6, 6.07) is 11.7. The topological polar surface area (TPSA) is 85.6 Å². The van der Waals surface area contributed by atoms with Gasteiger partial charge in [-0.3, -0.25) is 4.90 Å². The Kier molecular flexibility index (Phi) is 7.00. The maximum absolute atomic E-state index is 12.8. The summed E-state index contributed by atoms with van der Waals surface area (Å²) in [5, 5.41) is 9.97. The Morgan fingerprint density at radius 1 is 1.26 bits per heavy atom. The van der Waals surface area contributed by atoms with E-state index in [9.17, 15) is 10.1 Å². The number of hydrogen-bond donors (Lipinski definition) is 0. The first kappa shape index (κ1) is 22.6. The number of fused-ring (bicyclic) bond motifs is 1. The van der Waals surface area contributed by atoms with Crippen LogP contribution in [0, 0.1) is 11.3 Å². The quantitative estimate of drug-likeness (QED) is 0.452. The van der Waals surface area contributed by atoms with Gasteiger partial charge in [0.2, 0.25) is 0 Å². The van der Waals surface area contributed by atoms with Gasteiger partial charge in [-0.2, -0.15) is 5.26 Å². The first-order chi connectivity index (χ1) is 17.5. The zero-order chi connectivity index (χ0) is 26.8. The van der Waals surface area contributed by atoms with E-state index in [1.54, 1.807) is 4.90 Å². The fourth-order valence-corrected chi connectivity index (χ4v) is 4.75. The highest BCUT2D eigenvalue weighted by molar-refractivity contribution is 7.98. The molecule has 1 atom stereocenters. The lowest BCUT2D eigenvalue weighted by molar-refractivity contribution is 0.0144. The monoisotopic (exact) mass is 496 g/mol. The smallest absolute Gasteiger partial charge is 0.410 e. The highest BCUT2D eigenvalue weighted by Gasteiger charge is 2.35. The minimum absolute atomic E-state index is 0.171. The first-order valence-electron chi connectivity index (χ1n) is 12.9. The Morgan fingerprint density at radius 3 is 2.71 bits per heavy atom. The summed E-state index contributed by atoms with van der Waals surface area (Å²) in [6.07, 6.45) is 2.24. The van der Waals surface area contributed by atoms with Gasteiger partial charge >= 0.3 is 6.09 Å². The van der Waals surface area contributed by atoms with Gasteiger partial charge in [0.05, 0.1) is 24.2 Å². The molecule has 35 heavy (non-hydrogen) atoms. The Balaban J connectivity index is 1.63. The molecule has 186 valence electrons. The summed E-state index contributed by atoms with van der Waals surface area (Å²) in [4.78, 5) is 27.8. The second-order valence-corrected chi connectivity index (χ2v) is 10.5.